The van der Waals surface area contributed by atoms with Gasteiger partial charge in [-0.1, -0.05) is 36.6 Å². The van der Waals surface area contributed by atoms with E-state index < -0.39 is 0 Å². The van der Waals surface area contributed by atoms with Gasteiger partial charge >= 0.3 is 0 Å². The number of benzene rings is 1. The first-order chi connectivity index (χ1) is 9.09. The number of nitrogens with two attached hydrogens (primary N) is 1. The lowest BCUT2D eigenvalue weighted by Crippen LogP contribution is -2.49. The maximum absolute atomic E-state index is 13.9. The van der Waals surface area contributed by atoms with Crippen LogP contribution in [-0.4, -0.2) is 18.2 Å². The summed E-state index contributed by atoms with van der Waals surface area (Å²) in [4.78, 5) is 0. The molecule has 1 aliphatic carbocycles. The van der Waals surface area contributed by atoms with Gasteiger partial charge in [-0.2, -0.15) is 0 Å². The van der Waals surface area contributed by atoms with Gasteiger partial charge in [0.15, 0.2) is 0 Å². The quantitative estimate of drug-likeness (QED) is 0.895. The third kappa shape index (κ3) is 3.10. The predicted molar refractivity (Wildman–Crippen MR) is 75.9 cm³/mol. The van der Waals surface area contributed by atoms with E-state index in [1.165, 1.54) is 0 Å². The maximum atomic E-state index is 13.9. The zero-order valence-electron chi connectivity index (χ0n) is 11.3. The van der Waals surface area contributed by atoms with Gasteiger partial charge in [0, 0.05) is 12.6 Å². The van der Waals surface area contributed by atoms with Crippen molar-refractivity contribution in [2.45, 2.75) is 50.7 Å². The van der Waals surface area contributed by atoms with Gasteiger partial charge in [-0.05, 0) is 37.8 Å². The van der Waals surface area contributed by atoms with Crippen molar-refractivity contribution in [3.05, 3.63) is 34.6 Å². The van der Waals surface area contributed by atoms with Gasteiger partial charge in [-0.15, -0.1) is 0 Å². The van der Waals surface area contributed by atoms with Gasteiger partial charge in [0.05, 0.1) is 10.6 Å². The number of ether oxygens (including phenoxy) is 1. The first-order valence-electron chi connectivity index (χ1n) is 6.91. The van der Waals surface area contributed by atoms with E-state index >= 15 is 0 Å². The second-order valence-electron chi connectivity index (χ2n) is 5.23. The van der Waals surface area contributed by atoms with Crippen LogP contribution in [0, 0.1) is 5.82 Å². The Morgan fingerprint density at radius 3 is 2.74 bits per heavy atom. The summed E-state index contributed by atoms with van der Waals surface area (Å²) in [5.74, 6) is -0.357. The number of halogens is 2. The molecule has 0 radical (unpaired) electrons. The summed E-state index contributed by atoms with van der Waals surface area (Å²) in [7, 11) is 0. The van der Waals surface area contributed by atoms with E-state index in [9.17, 15) is 4.39 Å². The molecule has 1 aromatic carbocycles. The summed E-state index contributed by atoms with van der Waals surface area (Å²) in [6.07, 6.45) is 4.65. The Balaban J connectivity index is 2.15. The lowest BCUT2D eigenvalue weighted by molar-refractivity contribution is -0.0526. The Hall–Kier alpha value is -0.640. The molecule has 106 valence electrons. The molecule has 2 nitrogen and oxygen atoms in total. The molecule has 1 aromatic rings. The fourth-order valence-corrected chi connectivity index (χ4v) is 3.21. The molecule has 0 spiro atoms. The van der Waals surface area contributed by atoms with Crippen molar-refractivity contribution in [1.82, 2.24) is 0 Å². The van der Waals surface area contributed by atoms with Crippen molar-refractivity contribution < 1.29 is 9.13 Å². The van der Waals surface area contributed by atoms with Crippen LogP contribution < -0.4 is 5.73 Å². The van der Waals surface area contributed by atoms with Crippen LogP contribution in [0.2, 0.25) is 5.02 Å². The van der Waals surface area contributed by atoms with E-state index in [1.54, 1.807) is 18.2 Å². The van der Waals surface area contributed by atoms with E-state index in [0.29, 0.717) is 18.6 Å². The Morgan fingerprint density at radius 1 is 1.42 bits per heavy atom. The predicted octanol–water partition coefficient (Wildman–Crippen LogP) is 3.70. The first kappa shape index (κ1) is 14.8. The molecule has 2 N–H and O–H groups in total. The summed E-state index contributed by atoms with van der Waals surface area (Å²) in [5, 5.41) is 0.154. The van der Waals surface area contributed by atoms with Crippen LogP contribution in [0.25, 0.3) is 0 Å². The van der Waals surface area contributed by atoms with Crippen molar-refractivity contribution in [1.29, 1.82) is 0 Å². The Bertz CT molecular complexity index is 432. The molecule has 0 saturated heterocycles. The minimum Gasteiger partial charge on any atom is -0.374 e. The number of hydrogen-bond donors (Lipinski definition) is 1. The summed E-state index contributed by atoms with van der Waals surface area (Å²) in [6.45, 7) is 2.62. The molecule has 0 amide bonds. The average molecular weight is 286 g/mol. The smallest absolute Gasteiger partial charge is 0.145 e. The molecule has 0 heterocycles. The molecule has 1 unspecified atom stereocenters. The lowest BCUT2D eigenvalue weighted by Gasteiger charge is -2.35. The minimum absolute atomic E-state index is 0.154. The van der Waals surface area contributed by atoms with Crippen molar-refractivity contribution in [2.24, 2.45) is 5.73 Å². The zero-order chi connectivity index (χ0) is 13.9. The van der Waals surface area contributed by atoms with Crippen molar-refractivity contribution in [2.75, 3.05) is 6.61 Å². The molecule has 1 atom stereocenters. The van der Waals surface area contributed by atoms with E-state index in [1.807, 2.05) is 6.92 Å². The molecule has 19 heavy (non-hydrogen) atoms. The third-order valence-electron chi connectivity index (χ3n) is 4.03. The molecular weight excluding hydrogens is 265 g/mol. The fraction of sp³-hybridized carbons (Fsp3) is 0.600. The van der Waals surface area contributed by atoms with Gasteiger partial charge in [-0.3, -0.25) is 0 Å². The van der Waals surface area contributed by atoms with Gasteiger partial charge in [-0.25, -0.2) is 4.39 Å². The number of hydrogen-bond acceptors (Lipinski definition) is 2. The Labute approximate surface area is 119 Å². The van der Waals surface area contributed by atoms with Crippen LogP contribution >= 0.6 is 11.6 Å². The molecule has 2 rings (SSSR count). The van der Waals surface area contributed by atoms with Crippen molar-refractivity contribution >= 4 is 11.6 Å². The van der Waals surface area contributed by atoms with E-state index in [0.717, 1.165) is 25.7 Å². The van der Waals surface area contributed by atoms with Crippen LogP contribution in [0.4, 0.5) is 4.39 Å². The van der Waals surface area contributed by atoms with Gasteiger partial charge in [0.25, 0.3) is 0 Å². The SMILES string of the molecule is CCOC1(C(N)Cc2cccc(Cl)c2F)CCCC1. The van der Waals surface area contributed by atoms with E-state index in [2.05, 4.69) is 0 Å². The lowest BCUT2D eigenvalue weighted by atomic mass is 9.88. The second kappa shape index (κ2) is 6.21. The van der Waals surface area contributed by atoms with Gasteiger partial charge in [0.2, 0.25) is 0 Å². The second-order valence-corrected chi connectivity index (χ2v) is 5.64. The van der Waals surface area contributed by atoms with Crippen LogP contribution in [0.3, 0.4) is 0 Å². The molecule has 1 aliphatic rings. The van der Waals surface area contributed by atoms with Crippen molar-refractivity contribution in [3.8, 4) is 0 Å². The summed E-state index contributed by atoms with van der Waals surface area (Å²) >= 11 is 5.81. The van der Waals surface area contributed by atoms with Crippen LogP contribution in [0.15, 0.2) is 18.2 Å². The normalized spacial score (nSPS) is 19.6. The Kier molecular flexibility index (Phi) is 4.82. The molecule has 1 saturated carbocycles. The highest BCUT2D eigenvalue weighted by atomic mass is 35.5. The topological polar surface area (TPSA) is 35.2 Å². The zero-order valence-corrected chi connectivity index (χ0v) is 12.0. The summed E-state index contributed by atoms with van der Waals surface area (Å²) in [6, 6.07) is 4.87. The van der Waals surface area contributed by atoms with Crippen LogP contribution in [0.1, 0.15) is 38.2 Å². The standard InChI is InChI=1S/C15H21ClFNO/c1-2-19-15(8-3-4-9-15)13(18)10-11-6-5-7-12(16)14(11)17/h5-7,13H,2-4,8-10,18H2,1H3. The van der Waals surface area contributed by atoms with Gasteiger partial charge < -0.3 is 10.5 Å². The van der Waals surface area contributed by atoms with Gasteiger partial charge in [0.1, 0.15) is 5.82 Å². The van der Waals surface area contributed by atoms with Crippen LogP contribution in [-0.2, 0) is 11.2 Å². The molecule has 0 bridgehead atoms. The maximum Gasteiger partial charge on any atom is 0.145 e. The van der Waals surface area contributed by atoms with Crippen LogP contribution in [0.5, 0.6) is 0 Å². The van der Waals surface area contributed by atoms with E-state index in [-0.39, 0.29) is 22.5 Å². The van der Waals surface area contributed by atoms with Crippen molar-refractivity contribution in [3.63, 3.8) is 0 Å². The highest BCUT2D eigenvalue weighted by Crippen LogP contribution is 2.37. The molecule has 0 aliphatic heterocycles. The highest BCUT2D eigenvalue weighted by molar-refractivity contribution is 6.30. The monoisotopic (exact) mass is 285 g/mol. The molecule has 4 heteroatoms. The highest BCUT2D eigenvalue weighted by Gasteiger charge is 2.40. The Morgan fingerprint density at radius 2 is 2.11 bits per heavy atom. The molecular formula is C15H21ClFNO. The third-order valence-corrected chi connectivity index (χ3v) is 4.32. The first-order valence-corrected chi connectivity index (χ1v) is 7.29. The molecule has 1 fully saturated rings. The molecule has 0 aromatic heterocycles. The number of rotatable bonds is 5. The largest absolute Gasteiger partial charge is 0.374 e. The fourth-order valence-electron chi connectivity index (χ4n) is 3.01. The summed E-state index contributed by atoms with van der Waals surface area (Å²) < 4.78 is 19.8. The average Bonchev–Trinajstić information content (AvgIpc) is 2.85. The van der Waals surface area contributed by atoms with E-state index in [4.69, 9.17) is 22.1 Å². The summed E-state index contributed by atoms with van der Waals surface area (Å²) in [5.41, 5.74) is 6.60. The minimum atomic E-state index is -0.357.